The summed E-state index contributed by atoms with van der Waals surface area (Å²) in [6.07, 6.45) is -2.38. The van der Waals surface area contributed by atoms with Crippen LogP contribution in [0.2, 0.25) is 0 Å². The van der Waals surface area contributed by atoms with E-state index < -0.39 is 11.7 Å². The third-order valence-corrected chi connectivity index (χ3v) is 2.53. The molecule has 19 heavy (non-hydrogen) atoms. The van der Waals surface area contributed by atoms with Crippen LogP contribution in [-0.4, -0.2) is 16.7 Å². The number of halogens is 3. The number of aromatic nitrogens is 2. The topological polar surface area (TPSA) is 51.0 Å². The highest BCUT2D eigenvalue weighted by molar-refractivity contribution is 5.24. The molecule has 1 aromatic carbocycles. The molecule has 2 rings (SSSR count). The van der Waals surface area contributed by atoms with Crippen LogP contribution in [0.25, 0.3) is 0 Å². The van der Waals surface area contributed by atoms with Gasteiger partial charge in [0.2, 0.25) is 5.89 Å². The Balaban J connectivity index is 1.77. The van der Waals surface area contributed by atoms with Crippen LogP contribution in [0.3, 0.4) is 0 Å². The summed E-state index contributed by atoms with van der Waals surface area (Å²) in [6.45, 7) is 1.11. The zero-order valence-electron chi connectivity index (χ0n) is 9.94. The van der Waals surface area contributed by atoms with Gasteiger partial charge in [0, 0.05) is 19.5 Å². The summed E-state index contributed by atoms with van der Waals surface area (Å²) in [5.41, 5.74) is 0.153. The summed E-state index contributed by atoms with van der Waals surface area (Å²) in [6, 6.07) is 5.08. The average Bonchev–Trinajstić information content (AvgIpc) is 2.87. The number of nitrogens with zero attached hydrogens (tertiary/aromatic N) is 2. The quantitative estimate of drug-likeness (QED) is 0.848. The van der Waals surface area contributed by atoms with Crippen LogP contribution >= 0.6 is 0 Å². The van der Waals surface area contributed by atoms with Crippen LogP contribution < -0.4 is 5.32 Å². The molecular formula is C12H12F3N3O. The monoisotopic (exact) mass is 271 g/mol. The molecule has 0 aliphatic carbocycles. The maximum absolute atomic E-state index is 12.3. The fraction of sp³-hybridized carbons (Fsp3) is 0.333. The van der Waals surface area contributed by atoms with E-state index in [-0.39, 0.29) is 0 Å². The Morgan fingerprint density at radius 1 is 1.16 bits per heavy atom. The highest BCUT2D eigenvalue weighted by Crippen LogP contribution is 2.28. The number of alkyl halides is 3. The van der Waals surface area contributed by atoms with Gasteiger partial charge in [-0.3, -0.25) is 0 Å². The van der Waals surface area contributed by atoms with Crippen molar-refractivity contribution >= 4 is 0 Å². The van der Waals surface area contributed by atoms with Gasteiger partial charge in [0.05, 0.1) is 5.56 Å². The summed E-state index contributed by atoms with van der Waals surface area (Å²) in [5.74, 6) is 0.528. The Morgan fingerprint density at radius 2 is 1.89 bits per heavy atom. The Bertz CT molecular complexity index is 494. The lowest BCUT2D eigenvalue weighted by molar-refractivity contribution is -0.137. The molecule has 2 aromatic rings. The SMILES string of the molecule is FC(F)(F)c1ccc(CNCCc2ncno2)cc1. The number of hydrogen-bond acceptors (Lipinski definition) is 4. The van der Waals surface area contributed by atoms with Gasteiger partial charge in [-0.2, -0.15) is 18.2 Å². The number of benzene rings is 1. The molecule has 0 saturated carbocycles. The molecule has 0 unspecified atom stereocenters. The first kappa shape index (κ1) is 13.5. The Morgan fingerprint density at radius 3 is 2.47 bits per heavy atom. The van der Waals surface area contributed by atoms with Crippen molar-refractivity contribution < 1.29 is 17.7 Å². The fourth-order valence-electron chi connectivity index (χ4n) is 1.55. The largest absolute Gasteiger partial charge is 0.416 e. The predicted molar refractivity (Wildman–Crippen MR) is 61.2 cm³/mol. The Hall–Kier alpha value is -1.89. The fourth-order valence-corrected chi connectivity index (χ4v) is 1.55. The first-order valence-electron chi connectivity index (χ1n) is 5.68. The highest BCUT2D eigenvalue weighted by Gasteiger charge is 2.29. The van der Waals surface area contributed by atoms with Gasteiger partial charge in [-0.05, 0) is 17.7 Å². The summed E-state index contributed by atoms with van der Waals surface area (Å²) in [4.78, 5) is 3.86. The molecular weight excluding hydrogens is 259 g/mol. The maximum Gasteiger partial charge on any atom is 0.416 e. The van der Waals surface area contributed by atoms with Crippen molar-refractivity contribution in [3.05, 3.63) is 47.6 Å². The first-order valence-corrected chi connectivity index (χ1v) is 5.68. The molecule has 0 radical (unpaired) electrons. The summed E-state index contributed by atoms with van der Waals surface area (Å²) < 4.78 is 41.8. The van der Waals surface area contributed by atoms with Crippen LogP contribution in [0.15, 0.2) is 35.1 Å². The number of hydrogen-bond donors (Lipinski definition) is 1. The van der Waals surface area contributed by atoms with E-state index in [2.05, 4.69) is 15.5 Å². The normalized spacial score (nSPS) is 11.7. The van der Waals surface area contributed by atoms with Gasteiger partial charge >= 0.3 is 6.18 Å². The minimum Gasteiger partial charge on any atom is -0.340 e. The van der Waals surface area contributed by atoms with E-state index in [9.17, 15) is 13.2 Å². The van der Waals surface area contributed by atoms with Gasteiger partial charge in [0.15, 0.2) is 6.33 Å². The van der Waals surface area contributed by atoms with E-state index in [1.165, 1.54) is 18.5 Å². The molecule has 4 nitrogen and oxygen atoms in total. The molecule has 0 spiro atoms. The lowest BCUT2D eigenvalue weighted by Crippen LogP contribution is -2.17. The van der Waals surface area contributed by atoms with E-state index in [0.29, 0.717) is 25.4 Å². The zero-order chi connectivity index (χ0) is 13.7. The summed E-state index contributed by atoms with van der Waals surface area (Å²) in [7, 11) is 0. The molecule has 0 saturated heterocycles. The Kier molecular flexibility index (Phi) is 4.16. The smallest absolute Gasteiger partial charge is 0.340 e. The third-order valence-electron chi connectivity index (χ3n) is 2.53. The van der Waals surface area contributed by atoms with Gasteiger partial charge in [-0.25, -0.2) is 0 Å². The molecule has 1 heterocycles. The first-order chi connectivity index (χ1) is 9.05. The van der Waals surface area contributed by atoms with Crippen LogP contribution in [-0.2, 0) is 19.1 Å². The van der Waals surface area contributed by atoms with Crippen molar-refractivity contribution in [2.24, 2.45) is 0 Å². The van der Waals surface area contributed by atoms with Crippen molar-refractivity contribution in [1.29, 1.82) is 0 Å². The van der Waals surface area contributed by atoms with Crippen molar-refractivity contribution in [1.82, 2.24) is 15.5 Å². The van der Waals surface area contributed by atoms with E-state index >= 15 is 0 Å². The molecule has 0 bridgehead atoms. The van der Waals surface area contributed by atoms with Gasteiger partial charge in [-0.1, -0.05) is 17.3 Å². The van der Waals surface area contributed by atoms with E-state index in [0.717, 1.165) is 17.7 Å². The summed E-state index contributed by atoms with van der Waals surface area (Å²) in [5, 5.41) is 6.56. The second-order valence-electron chi connectivity index (χ2n) is 3.96. The Labute approximate surface area is 107 Å². The minimum absolute atomic E-state index is 0.492. The van der Waals surface area contributed by atoms with Crippen molar-refractivity contribution in [3.8, 4) is 0 Å². The second-order valence-corrected chi connectivity index (χ2v) is 3.96. The van der Waals surface area contributed by atoms with Crippen molar-refractivity contribution in [3.63, 3.8) is 0 Å². The van der Waals surface area contributed by atoms with E-state index in [4.69, 9.17) is 4.52 Å². The lowest BCUT2D eigenvalue weighted by atomic mass is 10.1. The molecule has 1 aromatic heterocycles. The highest BCUT2D eigenvalue weighted by atomic mass is 19.4. The van der Waals surface area contributed by atoms with Gasteiger partial charge < -0.3 is 9.84 Å². The standard InChI is InChI=1S/C12H12F3N3O/c13-12(14,15)10-3-1-9(2-4-10)7-16-6-5-11-17-8-18-19-11/h1-4,8,16H,5-7H2. The number of nitrogens with one attached hydrogen (secondary N) is 1. The summed E-state index contributed by atoms with van der Waals surface area (Å²) >= 11 is 0. The van der Waals surface area contributed by atoms with Crippen LogP contribution in [0, 0.1) is 0 Å². The lowest BCUT2D eigenvalue weighted by Gasteiger charge is -2.08. The van der Waals surface area contributed by atoms with Gasteiger partial charge in [-0.15, -0.1) is 0 Å². The molecule has 0 aliphatic heterocycles. The molecule has 0 atom stereocenters. The van der Waals surface area contributed by atoms with Gasteiger partial charge in [0.25, 0.3) is 0 Å². The maximum atomic E-state index is 12.3. The van der Waals surface area contributed by atoms with E-state index in [1.54, 1.807) is 0 Å². The number of rotatable bonds is 5. The molecule has 0 fully saturated rings. The molecule has 1 N–H and O–H groups in total. The van der Waals surface area contributed by atoms with Crippen LogP contribution in [0.5, 0.6) is 0 Å². The minimum atomic E-state index is -4.29. The predicted octanol–water partition coefficient (Wildman–Crippen LogP) is 2.42. The molecule has 0 amide bonds. The van der Waals surface area contributed by atoms with Gasteiger partial charge in [0.1, 0.15) is 0 Å². The molecule has 102 valence electrons. The van der Waals surface area contributed by atoms with Crippen LogP contribution in [0.4, 0.5) is 13.2 Å². The zero-order valence-corrected chi connectivity index (χ0v) is 9.94. The van der Waals surface area contributed by atoms with E-state index in [1.807, 2.05) is 0 Å². The molecule has 7 heteroatoms. The van der Waals surface area contributed by atoms with Crippen LogP contribution in [0.1, 0.15) is 17.0 Å². The molecule has 0 aliphatic rings. The second kappa shape index (κ2) is 5.83. The third kappa shape index (κ3) is 4.06. The van der Waals surface area contributed by atoms with Crippen molar-refractivity contribution in [2.45, 2.75) is 19.1 Å². The van der Waals surface area contributed by atoms with Crippen molar-refractivity contribution in [2.75, 3.05) is 6.54 Å². The average molecular weight is 271 g/mol.